The summed E-state index contributed by atoms with van der Waals surface area (Å²) in [6.45, 7) is 0.328. The minimum atomic E-state index is -0.348. The van der Waals surface area contributed by atoms with Crippen LogP contribution < -0.4 is 5.32 Å². The van der Waals surface area contributed by atoms with Crippen LogP contribution in [0.1, 0.15) is 27.3 Å². The highest BCUT2D eigenvalue weighted by atomic mass is 35.5. The molecular weight excluding hydrogens is 227 g/mol. The molecule has 0 bridgehead atoms. The molecule has 1 aliphatic heterocycles. The van der Waals surface area contributed by atoms with Crippen molar-refractivity contribution in [1.29, 1.82) is 0 Å². The molecule has 0 aromatic carbocycles. The summed E-state index contributed by atoms with van der Waals surface area (Å²) in [6.07, 6.45) is 0.243. The number of nitrogens with one attached hydrogen (secondary N) is 2. The molecule has 0 atom stereocenters. The fourth-order valence-electron chi connectivity index (χ4n) is 1.38. The maximum Gasteiger partial charge on any atom is 0.268 e. The Hall–Kier alpha value is -1.00. The molecule has 0 saturated heterocycles. The predicted molar refractivity (Wildman–Crippen MR) is 52.1 cm³/mol. The summed E-state index contributed by atoms with van der Waals surface area (Å²) < 4.78 is 0. The van der Waals surface area contributed by atoms with E-state index in [4.69, 9.17) is 23.2 Å². The van der Waals surface area contributed by atoms with Gasteiger partial charge in [-0.1, -0.05) is 23.2 Å². The van der Waals surface area contributed by atoms with Crippen LogP contribution in [0.25, 0.3) is 0 Å². The lowest BCUT2D eigenvalue weighted by atomic mass is 10.1. The molecule has 0 saturated carbocycles. The molecule has 0 fully saturated rings. The lowest BCUT2D eigenvalue weighted by Crippen LogP contribution is -2.23. The average molecular weight is 233 g/mol. The van der Waals surface area contributed by atoms with E-state index >= 15 is 0 Å². The van der Waals surface area contributed by atoms with Crippen LogP contribution in [0, 0.1) is 0 Å². The van der Waals surface area contributed by atoms with Crippen LogP contribution in [-0.2, 0) is 0 Å². The van der Waals surface area contributed by atoms with E-state index in [9.17, 15) is 9.59 Å². The first-order valence-electron chi connectivity index (χ1n) is 3.99. The van der Waals surface area contributed by atoms with Crippen LogP contribution in [-0.4, -0.2) is 23.2 Å². The van der Waals surface area contributed by atoms with Gasteiger partial charge >= 0.3 is 0 Å². The first kappa shape index (κ1) is 9.55. The van der Waals surface area contributed by atoms with Gasteiger partial charge in [-0.2, -0.15) is 0 Å². The minimum Gasteiger partial charge on any atom is -0.350 e. The number of hydrogen-bond donors (Lipinski definition) is 2. The highest BCUT2D eigenvalue weighted by Gasteiger charge is 2.27. The van der Waals surface area contributed by atoms with Gasteiger partial charge in [0.2, 0.25) is 0 Å². The molecule has 0 spiro atoms. The molecule has 1 amide bonds. The van der Waals surface area contributed by atoms with Gasteiger partial charge in [0.15, 0.2) is 5.78 Å². The van der Waals surface area contributed by atoms with Gasteiger partial charge in [-0.3, -0.25) is 9.59 Å². The zero-order valence-electron chi connectivity index (χ0n) is 6.99. The summed E-state index contributed by atoms with van der Waals surface area (Å²) in [6, 6.07) is 0. The quantitative estimate of drug-likeness (QED) is 0.715. The highest BCUT2D eigenvalue weighted by Crippen LogP contribution is 2.30. The number of carbonyl (C=O) groups excluding carboxylic acids is 2. The summed E-state index contributed by atoms with van der Waals surface area (Å²) in [4.78, 5) is 25.5. The summed E-state index contributed by atoms with van der Waals surface area (Å²) in [5.74, 6) is -0.522. The number of carbonyl (C=O) groups is 2. The second-order valence-electron chi connectivity index (χ2n) is 2.93. The molecule has 4 nitrogen and oxygen atoms in total. The van der Waals surface area contributed by atoms with Gasteiger partial charge in [0.1, 0.15) is 10.8 Å². The molecule has 0 aliphatic carbocycles. The van der Waals surface area contributed by atoms with Crippen molar-refractivity contribution in [1.82, 2.24) is 10.3 Å². The first-order chi connectivity index (χ1) is 6.61. The van der Waals surface area contributed by atoms with Gasteiger partial charge in [-0.25, -0.2) is 0 Å². The van der Waals surface area contributed by atoms with Crippen LogP contribution in [0.3, 0.4) is 0 Å². The van der Waals surface area contributed by atoms with Crippen molar-refractivity contribution in [3.05, 3.63) is 21.4 Å². The van der Waals surface area contributed by atoms with Crippen molar-refractivity contribution in [2.24, 2.45) is 0 Å². The number of fused-ring (bicyclic) bond motifs is 1. The Balaban J connectivity index is 2.65. The Kier molecular flexibility index (Phi) is 2.25. The van der Waals surface area contributed by atoms with E-state index in [1.165, 1.54) is 0 Å². The van der Waals surface area contributed by atoms with E-state index in [0.717, 1.165) is 0 Å². The van der Waals surface area contributed by atoms with Crippen LogP contribution in [0.15, 0.2) is 0 Å². The van der Waals surface area contributed by atoms with E-state index in [-0.39, 0.29) is 39.5 Å². The van der Waals surface area contributed by atoms with E-state index in [2.05, 4.69) is 10.3 Å². The SMILES string of the molecule is O=C1NCCC(=O)c2c1[nH]c(Cl)c2Cl. The third-order valence-corrected chi connectivity index (χ3v) is 2.80. The second-order valence-corrected chi connectivity index (χ2v) is 3.69. The third kappa shape index (κ3) is 1.31. The monoisotopic (exact) mass is 232 g/mol. The number of H-pyrrole nitrogens is 1. The smallest absolute Gasteiger partial charge is 0.268 e. The van der Waals surface area contributed by atoms with Gasteiger partial charge in [-0.15, -0.1) is 0 Å². The number of rotatable bonds is 0. The molecular formula is C8H6Cl2N2O2. The van der Waals surface area contributed by atoms with Crippen molar-refractivity contribution in [2.45, 2.75) is 6.42 Å². The van der Waals surface area contributed by atoms with Gasteiger partial charge in [0, 0.05) is 13.0 Å². The lowest BCUT2D eigenvalue weighted by Gasteiger charge is -1.95. The van der Waals surface area contributed by atoms with Gasteiger partial charge in [0.05, 0.1) is 10.6 Å². The van der Waals surface area contributed by atoms with E-state index in [1.807, 2.05) is 0 Å². The van der Waals surface area contributed by atoms with Crippen molar-refractivity contribution in [2.75, 3.05) is 6.54 Å². The molecule has 14 heavy (non-hydrogen) atoms. The number of amides is 1. The van der Waals surface area contributed by atoms with Crippen LogP contribution in [0.4, 0.5) is 0 Å². The van der Waals surface area contributed by atoms with Crippen molar-refractivity contribution >= 4 is 34.9 Å². The number of aromatic amines is 1. The normalized spacial score (nSPS) is 16.1. The lowest BCUT2D eigenvalue weighted by molar-refractivity contribution is 0.0952. The molecule has 2 rings (SSSR count). The second kappa shape index (κ2) is 3.29. The molecule has 6 heteroatoms. The number of hydrogen-bond acceptors (Lipinski definition) is 2. The standard InChI is InChI=1S/C8H6Cl2N2O2/c9-5-4-3(13)1-2-11-8(14)6(4)12-7(5)10/h12H,1-2H2,(H,11,14). The molecule has 1 aliphatic rings. The fraction of sp³-hybridized carbons (Fsp3) is 0.250. The summed E-state index contributed by atoms with van der Waals surface area (Å²) in [5, 5.41) is 2.82. The maximum absolute atomic E-state index is 11.5. The van der Waals surface area contributed by atoms with E-state index in [0.29, 0.717) is 6.54 Å². The Labute approximate surface area is 89.6 Å². The topological polar surface area (TPSA) is 62.0 Å². The largest absolute Gasteiger partial charge is 0.350 e. The molecule has 1 aromatic rings. The van der Waals surface area contributed by atoms with Crippen LogP contribution in [0.5, 0.6) is 0 Å². The Morgan fingerprint density at radius 1 is 1.21 bits per heavy atom. The molecule has 2 N–H and O–H groups in total. The number of ketones is 1. The zero-order valence-corrected chi connectivity index (χ0v) is 8.50. The van der Waals surface area contributed by atoms with E-state index in [1.54, 1.807) is 0 Å². The molecule has 0 radical (unpaired) electrons. The number of aromatic nitrogens is 1. The predicted octanol–water partition coefficient (Wildman–Crippen LogP) is 1.64. The van der Waals surface area contributed by atoms with Crippen LogP contribution in [0.2, 0.25) is 10.2 Å². The van der Waals surface area contributed by atoms with Crippen LogP contribution >= 0.6 is 23.2 Å². The Morgan fingerprint density at radius 2 is 1.93 bits per heavy atom. The summed E-state index contributed by atoms with van der Waals surface area (Å²) >= 11 is 11.5. The Morgan fingerprint density at radius 3 is 2.64 bits per heavy atom. The maximum atomic E-state index is 11.5. The number of halogens is 2. The van der Waals surface area contributed by atoms with Gasteiger partial charge in [-0.05, 0) is 0 Å². The molecule has 0 unspecified atom stereocenters. The van der Waals surface area contributed by atoms with Gasteiger partial charge in [0.25, 0.3) is 5.91 Å². The minimum absolute atomic E-state index is 0.127. The molecule has 1 aromatic heterocycles. The molecule has 74 valence electrons. The molecule has 2 heterocycles. The van der Waals surface area contributed by atoms with Gasteiger partial charge < -0.3 is 10.3 Å². The first-order valence-corrected chi connectivity index (χ1v) is 4.75. The zero-order chi connectivity index (χ0) is 10.3. The Bertz CT molecular complexity index is 425. The van der Waals surface area contributed by atoms with Crippen molar-refractivity contribution in [3.63, 3.8) is 0 Å². The average Bonchev–Trinajstić information content (AvgIpc) is 2.35. The summed E-state index contributed by atoms with van der Waals surface area (Å²) in [5.41, 5.74) is 0.356. The van der Waals surface area contributed by atoms with Crippen molar-refractivity contribution < 1.29 is 9.59 Å². The van der Waals surface area contributed by atoms with E-state index < -0.39 is 0 Å². The third-order valence-electron chi connectivity index (χ3n) is 2.04. The summed E-state index contributed by atoms with van der Waals surface area (Å²) in [7, 11) is 0. The fourth-order valence-corrected chi connectivity index (χ4v) is 1.82. The highest BCUT2D eigenvalue weighted by molar-refractivity contribution is 6.44. The number of Topliss-reactive ketones (excluding diaryl/α,β-unsaturated/α-hetero) is 1. The van der Waals surface area contributed by atoms with Crippen molar-refractivity contribution in [3.8, 4) is 0 Å².